The van der Waals surface area contributed by atoms with E-state index in [-0.39, 0.29) is 11.1 Å². The summed E-state index contributed by atoms with van der Waals surface area (Å²) in [7, 11) is 0. The summed E-state index contributed by atoms with van der Waals surface area (Å²) in [5.74, 6) is 0. The average molecular weight is 346 g/mol. The van der Waals surface area contributed by atoms with E-state index < -0.39 is 5.56 Å². The highest BCUT2D eigenvalue weighted by Crippen LogP contribution is 2.31. The maximum atomic E-state index is 11.6. The molecule has 0 bridgehead atoms. The van der Waals surface area contributed by atoms with E-state index >= 15 is 0 Å². The Hall–Kier alpha value is -2.11. The lowest BCUT2D eigenvalue weighted by molar-refractivity contribution is 0.783. The first-order chi connectivity index (χ1) is 11.1. The number of benzene rings is 1. The Kier molecular flexibility index (Phi) is 4.79. The van der Waals surface area contributed by atoms with E-state index in [4.69, 9.17) is 11.6 Å². The van der Waals surface area contributed by atoms with Crippen LogP contribution in [0.1, 0.15) is 22.0 Å². The summed E-state index contributed by atoms with van der Waals surface area (Å²) in [4.78, 5) is 12.9. The van der Waals surface area contributed by atoms with Crippen molar-refractivity contribution in [3.63, 3.8) is 0 Å². The third-order valence-electron chi connectivity index (χ3n) is 3.63. The predicted octanol–water partition coefficient (Wildman–Crippen LogP) is 4.19. The van der Waals surface area contributed by atoms with Gasteiger partial charge in [-0.3, -0.25) is 4.79 Å². The van der Waals surface area contributed by atoms with Gasteiger partial charge < -0.3 is 5.32 Å². The van der Waals surface area contributed by atoms with Gasteiger partial charge >= 0.3 is 0 Å². The maximum Gasteiger partial charge on any atom is 0.285 e. The van der Waals surface area contributed by atoms with Gasteiger partial charge in [0.1, 0.15) is 5.02 Å². The van der Waals surface area contributed by atoms with Crippen LogP contribution >= 0.6 is 22.9 Å². The number of thiophene rings is 1. The number of aromatic nitrogens is 2. The molecular formula is C17H16ClN3OS. The van der Waals surface area contributed by atoms with Gasteiger partial charge in [-0.25, -0.2) is 5.10 Å². The first-order valence-corrected chi connectivity index (χ1v) is 8.48. The van der Waals surface area contributed by atoms with Gasteiger partial charge in [-0.1, -0.05) is 41.9 Å². The molecule has 3 rings (SSSR count). The number of hydrogen-bond acceptors (Lipinski definition) is 4. The molecule has 1 unspecified atom stereocenters. The smallest absolute Gasteiger partial charge is 0.285 e. The van der Waals surface area contributed by atoms with Crippen molar-refractivity contribution in [2.75, 3.05) is 5.32 Å². The highest BCUT2D eigenvalue weighted by Gasteiger charge is 2.18. The molecule has 2 aromatic heterocycles. The summed E-state index contributed by atoms with van der Waals surface area (Å²) in [6.45, 7) is 2.09. The summed E-state index contributed by atoms with van der Waals surface area (Å²) in [5, 5.41) is 11.7. The van der Waals surface area contributed by atoms with Gasteiger partial charge in [-0.05, 0) is 35.9 Å². The molecule has 4 nitrogen and oxygen atoms in total. The summed E-state index contributed by atoms with van der Waals surface area (Å²) in [6.07, 6.45) is 2.34. The van der Waals surface area contributed by atoms with Crippen LogP contribution in [0.15, 0.2) is 52.8 Å². The summed E-state index contributed by atoms with van der Waals surface area (Å²) < 4.78 is 0. The lowest BCUT2D eigenvalue weighted by Gasteiger charge is -2.20. The van der Waals surface area contributed by atoms with Crippen molar-refractivity contribution in [3.8, 4) is 0 Å². The molecule has 1 aromatic carbocycles. The standard InChI is InChI=1S/C17H16ClN3OS/c1-11-7-8-23-16(11)13(9-12-5-3-2-4-6-12)20-14-10-19-21-17(22)15(14)18/h2-8,10,13H,9H2,1H3,(H2,20,21,22). The largest absolute Gasteiger partial charge is 0.374 e. The second-order valence-electron chi connectivity index (χ2n) is 5.28. The summed E-state index contributed by atoms with van der Waals surface area (Å²) >= 11 is 7.79. The van der Waals surface area contributed by atoms with Crippen LogP contribution in [0.3, 0.4) is 0 Å². The number of hydrogen-bond donors (Lipinski definition) is 2. The SMILES string of the molecule is Cc1ccsc1C(Cc1ccccc1)Nc1cn[nH]c(=O)c1Cl. The fraction of sp³-hybridized carbons (Fsp3) is 0.176. The number of aromatic amines is 1. The molecule has 3 aromatic rings. The third kappa shape index (κ3) is 3.63. The summed E-state index contributed by atoms with van der Waals surface area (Å²) in [5.41, 5.74) is 2.59. The molecule has 1 atom stereocenters. The van der Waals surface area contributed by atoms with Crippen LogP contribution in [0.2, 0.25) is 5.02 Å². The first-order valence-electron chi connectivity index (χ1n) is 7.23. The molecule has 0 aliphatic heterocycles. The molecule has 0 aliphatic rings. The van der Waals surface area contributed by atoms with Gasteiger partial charge in [0.2, 0.25) is 0 Å². The molecule has 0 saturated carbocycles. The van der Waals surface area contributed by atoms with Gasteiger partial charge in [0.25, 0.3) is 5.56 Å². The molecule has 2 heterocycles. The first kappa shape index (κ1) is 15.8. The highest BCUT2D eigenvalue weighted by atomic mass is 35.5. The van der Waals surface area contributed by atoms with E-state index in [0.29, 0.717) is 5.69 Å². The van der Waals surface area contributed by atoms with Crippen molar-refractivity contribution in [3.05, 3.63) is 79.4 Å². The molecule has 0 spiro atoms. The normalized spacial score (nSPS) is 12.1. The second kappa shape index (κ2) is 6.98. The Morgan fingerprint density at radius 2 is 2.09 bits per heavy atom. The van der Waals surface area contributed by atoms with Crippen LogP contribution in [0, 0.1) is 6.92 Å². The minimum atomic E-state index is -0.391. The lowest BCUT2D eigenvalue weighted by Crippen LogP contribution is -2.17. The van der Waals surface area contributed by atoms with E-state index in [2.05, 4.69) is 46.0 Å². The Morgan fingerprint density at radius 3 is 2.78 bits per heavy atom. The molecule has 0 aliphatic carbocycles. The number of halogens is 1. The van der Waals surface area contributed by atoms with Crippen molar-refractivity contribution < 1.29 is 0 Å². The molecule has 0 fully saturated rings. The van der Waals surface area contributed by atoms with E-state index in [0.717, 1.165) is 6.42 Å². The summed E-state index contributed by atoms with van der Waals surface area (Å²) in [6, 6.07) is 12.4. The minimum Gasteiger partial charge on any atom is -0.374 e. The number of nitrogens with one attached hydrogen (secondary N) is 2. The second-order valence-corrected chi connectivity index (χ2v) is 6.61. The molecule has 2 N–H and O–H groups in total. The zero-order valence-electron chi connectivity index (χ0n) is 12.5. The van der Waals surface area contributed by atoms with Crippen molar-refractivity contribution in [2.24, 2.45) is 0 Å². The Morgan fingerprint density at radius 1 is 1.30 bits per heavy atom. The van der Waals surface area contributed by atoms with Crippen molar-refractivity contribution in [2.45, 2.75) is 19.4 Å². The Labute approximate surface area is 143 Å². The topological polar surface area (TPSA) is 57.8 Å². The van der Waals surface area contributed by atoms with Crippen molar-refractivity contribution >= 4 is 28.6 Å². The zero-order chi connectivity index (χ0) is 16.2. The van der Waals surface area contributed by atoms with Crippen LogP contribution in [0.25, 0.3) is 0 Å². The van der Waals surface area contributed by atoms with Gasteiger partial charge in [-0.15, -0.1) is 11.3 Å². The number of aryl methyl sites for hydroxylation is 1. The molecule has 118 valence electrons. The van der Waals surface area contributed by atoms with Crippen LogP contribution in [0.4, 0.5) is 5.69 Å². The fourth-order valence-corrected chi connectivity index (χ4v) is 3.60. The van der Waals surface area contributed by atoms with E-state index in [1.807, 2.05) is 18.2 Å². The van der Waals surface area contributed by atoms with E-state index in [9.17, 15) is 4.79 Å². The van der Waals surface area contributed by atoms with Gasteiger partial charge in [0, 0.05) is 4.88 Å². The number of H-pyrrole nitrogens is 1. The van der Waals surface area contributed by atoms with Crippen LogP contribution < -0.4 is 10.9 Å². The fourth-order valence-electron chi connectivity index (χ4n) is 2.47. The Bertz CT molecular complexity index is 844. The molecular weight excluding hydrogens is 330 g/mol. The van der Waals surface area contributed by atoms with Crippen LogP contribution in [-0.4, -0.2) is 10.2 Å². The van der Waals surface area contributed by atoms with Crippen molar-refractivity contribution in [1.29, 1.82) is 0 Å². The van der Waals surface area contributed by atoms with Crippen LogP contribution in [-0.2, 0) is 6.42 Å². The number of nitrogens with zero attached hydrogens (tertiary/aromatic N) is 1. The van der Waals surface area contributed by atoms with Gasteiger partial charge in [0.15, 0.2) is 0 Å². The molecule has 6 heteroatoms. The lowest BCUT2D eigenvalue weighted by atomic mass is 10.0. The predicted molar refractivity (Wildman–Crippen MR) is 95.4 cm³/mol. The monoisotopic (exact) mass is 345 g/mol. The third-order valence-corrected chi connectivity index (χ3v) is 5.13. The molecule has 0 saturated heterocycles. The zero-order valence-corrected chi connectivity index (χ0v) is 14.1. The Balaban J connectivity index is 1.94. The average Bonchev–Trinajstić information content (AvgIpc) is 2.98. The quantitative estimate of drug-likeness (QED) is 0.729. The number of anilines is 1. The molecule has 0 radical (unpaired) electrons. The van der Waals surface area contributed by atoms with E-state index in [1.165, 1.54) is 16.0 Å². The minimum absolute atomic E-state index is 0.0264. The van der Waals surface area contributed by atoms with E-state index in [1.54, 1.807) is 17.5 Å². The molecule has 0 amide bonds. The van der Waals surface area contributed by atoms with Crippen molar-refractivity contribution in [1.82, 2.24) is 10.2 Å². The van der Waals surface area contributed by atoms with Gasteiger partial charge in [-0.2, -0.15) is 5.10 Å². The maximum absolute atomic E-state index is 11.6. The highest BCUT2D eigenvalue weighted by molar-refractivity contribution is 7.10. The molecule has 23 heavy (non-hydrogen) atoms. The van der Waals surface area contributed by atoms with Crippen LogP contribution in [0.5, 0.6) is 0 Å². The van der Waals surface area contributed by atoms with Gasteiger partial charge in [0.05, 0.1) is 17.9 Å². The number of rotatable bonds is 5.